The number of carboxylic acid groups (broad SMARTS) is 1. The summed E-state index contributed by atoms with van der Waals surface area (Å²) in [5.74, 6) is 0.229. The normalized spacial score (nSPS) is 36.4. The zero-order valence-corrected chi connectivity index (χ0v) is 10.9. The fourth-order valence-electron chi connectivity index (χ4n) is 3.41. The number of rotatable bonds is 2. The summed E-state index contributed by atoms with van der Waals surface area (Å²) in [6, 6.07) is 0.321. The highest BCUT2D eigenvalue weighted by Crippen LogP contribution is 2.30. The van der Waals surface area contributed by atoms with Crippen LogP contribution in [0.2, 0.25) is 0 Å². The molecule has 98 valence electrons. The zero-order valence-electron chi connectivity index (χ0n) is 10.9. The molecule has 3 nitrogen and oxygen atoms in total. The number of nitrogens with zero attached hydrogens (tertiary/aromatic N) is 1. The molecular weight excluding hydrogens is 214 g/mol. The van der Waals surface area contributed by atoms with Crippen molar-refractivity contribution in [3.8, 4) is 0 Å². The van der Waals surface area contributed by atoms with Crippen LogP contribution in [-0.2, 0) is 4.79 Å². The van der Waals surface area contributed by atoms with E-state index in [1.165, 1.54) is 38.5 Å². The summed E-state index contributed by atoms with van der Waals surface area (Å²) in [5.41, 5.74) is 0. The van der Waals surface area contributed by atoms with Gasteiger partial charge in [-0.2, -0.15) is 0 Å². The molecule has 2 aliphatic rings. The molecule has 0 bridgehead atoms. The minimum absolute atomic E-state index is 0.212. The maximum atomic E-state index is 11.4. The lowest BCUT2D eigenvalue weighted by Gasteiger charge is -2.38. The fraction of sp³-hybridized carbons (Fsp3) is 0.929. The van der Waals surface area contributed by atoms with Gasteiger partial charge in [-0.3, -0.25) is 9.69 Å². The molecule has 0 aromatic carbocycles. The van der Waals surface area contributed by atoms with Gasteiger partial charge >= 0.3 is 5.97 Å². The number of carbonyl (C=O) groups is 1. The second-order valence-electron chi connectivity index (χ2n) is 5.85. The van der Waals surface area contributed by atoms with Gasteiger partial charge in [-0.25, -0.2) is 0 Å². The lowest BCUT2D eigenvalue weighted by atomic mass is 9.86. The van der Waals surface area contributed by atoms with Crippen molar-refractivity contribution in [3.63, 3.8) is 0 Å². The molecule has 0 amide bonds. The van der Waals surface area contributed by atoms with Crippen LogP contribution in [0.4, 0.5) is 0 Å². The molecule has 1 N–H and O–H groups in total. The third kappa shape index (κ3) is 3.21. The van der Waals surface area contributed by atoms with Gasteiger partial charge < -0.3 is 5.11 Å². The van der Waals surface area contributed by atoms with Crippen molar-refractivity contribution in [2.75, 3.05) is 6.54 Å². The third-order valence-electron chi connectivity index (χ3n) is 4.53. The highest BCUT2D eigenvalue weighted by atomic mass is 16.4. The van der Waals surface area contributed by atoms with Crippen molar-refractivity contribution in [2.45, 2.75) is 70.4 Å². The van der Waals surface area contributed by atoms with E-state index in [1.54, 1.807) is 0 Å². The van der Waals surface area contributed by atoms with Gasteiger partial charge in [-0.05, 0) is 51.0 Å². The molecule has 1 saturated carbocycles. The molecule has 3 heteroatoms. The van der Waals surface area contributed by atoms with Crippen LogP contribution in [0, 0.1) is 5.92 Å². The van der Waals surface area contributed by atoms with Crippen molar-refractivity contribution < 1.29 is 9.90 Å². The highest BCUT2D eigenvalue weighted by molar-refractivity contribution is 5.73. The molecule has 0 aromatic heterocycles. The first-order valence-corrected chi connectivity index (χ1v) is 7.17. The van der Waals surface area contributed by atoms with Crippen molar-refractivity contribution in [1.29, 1.82) is 0 Å². The van der Waals surface area contributed by atoms with Gasteiger partial charge in [0.2, 0.25) is 0 Å². The maximum absolute atomic E-state index is 11.4. The molecule has 1 unspecified atom stereocenters. The van der Waals surface area contributed by atoms with E-state index in [-0.39, 0.29) is 6.04 Å². The van der Waals surface area contributed by atoms with Gasteiger partial charge in [0.15, 0.2) is 0 Å². The quantitative estimate of drug-likeness (QED) is 0.805. The van der Waals surface area contributed by atoms with Crippen molar-refractivity contribution >= 4 is 5.97 Å². The minimum Gasteiger partial charge on any atom is -0.480 e. The van der Waals surface area contributed by atoms with E-state index in [0.29, 0.717) is 6.04 Å². The summed E-state index contributed by atoms with van der Waals surface area (Å²) >= 11 is 0. The number of carboxylic acids is 1. The Balaban J connectivity index is 2.01. The second kappa shape index (κ2) is 5.85. The molecule has 1 aliphatic carbocycles. The predicted molar refractivity (Wildman–Crippen MR) is 68.0 cm³/mol. The summed E-state index contributed by atoms with van der Waals surface area (Å²) in [6.07, 6.45) is 9.24. The maximum Gasteiger partial charge on any atom is 0.320 e. The Morgan fingerprint density at radius 1 is 1.06 bits per heavy atom. The van der Waals surface area contributed by atoms with Crippen LogP contribution in [0.15, 0.2) is 0 Å². The van der Waals surface area contributed by atoms with Crippen LogP contribution in [-0.4, -0.2) is 34.6 Å². The summed E-state index contributed by atoms with van der Waals surface area (Å²) in [5, 5.41) is 9.37. The van der Waals surface area contributed by atoms with E-state index in [0.717, 1.165) is 25.3 Å². The molecule has 1 saturated heterocycles. The van der Waals surface area contributed by atoms with E-state index < -0.39 is 5.97 Å². The molecule has 1 heterocycles. The average Bonchev–Trinajstić information content (AvgIpc) is 2.55. The predicted octanol–water partition coefficient (Wildman–Crippen LogP) is 2.89. The lowest BCUT2D eigenvalue weighted by Crippen LogP contribution is -2.48. The first-order valence-electron chi connectivity index (χ1n) is 7.17. The number of hydrogen-bond acceptors (Lipinski definition) is 2. The molecule has 0 spiro atoms. The second-order valence-corrected chi connectivity index (χ2v) is 5.85. The van der Waals surface area contributed by atoms with Crippen LogP contribution >= 0.6 is 0 Å². The SMILES string of the molecule is CC1CCC(N2CCCCCC2C(=O)O)CC1. The van der Waals surface area contributed by atoms with E-state index >= 15 is 0 Å². The van der Waals surface area contributed by atoms with Crippen LogP contribution < -0.4 is 0 Å². The van der Waals surface area contributed by atoms with Gasteiger partial charge in [0, 0.05) is 6.04 Å². The highest BCUT2D eigenvalue weighted by Gasteiger charge is 2.33. The first kappa shape index (κ1) is 12.9. The smallest absolute Gasteiger partial charge is 0.320 e. The van der Waals surface area contributed by atoms with Crippen LogP contribution in [0.1, 0.15) is 58.3 Å². The standard InChI is InChI=1S/C14H25NO2/c1-11-6-8-12(9-7-11)15-10-4-2-3-5-13(15)14(16)17/h11-13H,2-10H2,1H3,(H,16,17). The monoisotopic (exact) mass is 239 g/mol. The Kier molecular flexibility index (Phi) is 4.43. The number of likely N-dealkylation sites (tertiary alicyclic amines) is 1. The van der Waals surface area contributed by atoms with Crippen molar-refractivity contribution in [3.05, 3.63) is 0 Å². The van der Waals surface area contributed by atoms with E-state index in [2.05, 4.69) is 11.8 Å². The van der Waals surface area contributed by atoms with Gasteiger partial charge in [-0.15, -0.1) is 0 Å². The summed E-state index contributed by atoms with van der Waals surface area (Å²) in [7, 11) is 0. The van der Waals surface area contributed by atoms with Crippen LogP contribution in [0.5, 0.6) is 0 Å². The number of hydrogen-bond donors (Lipinski definition) is 1. The minimum atomic E-state index is -0.606. The van der Waals surface area contributed by atoms with Crippen molar-refractivity contribution in [2.24, 2.45) is 5.92 Å². The summed E-state index contributed by atoms with van der Waals surface area (Å²) in [6.45, 7) is 3.31. The number of aliphatic carboxylic acids is 1. The Morgan fingerprint density at radius 2 is 1.76 bits per heavy atom. The molecule has 2 fully saturated rings. The first-order chi connectivity index (χ1) is 8.18. The molecule has 0 radical (unpaired) electrons. The largest absolute Gasteiger partial charge is 0.480 e. The summed E-state index contributed by atoms with van der Waals surface area (Å²) in [4.78, 5) is 13.7. The Bertz CT molecular complexity index is 259. The van der Waals surface area contributed by atoms with Crippen LogP contribution in [0.25, 0.3) is 0 Å². The molecule has 1 atom stereocenters. The van der Waals surface area contributed by atoms with E-state index in [1.807, 2.05) is 0 Å². The average molecular weight is 239 g/mol. The van der Waals surface area contributed by atoms with Gasteiger partial charge in [0.1, 0.15) is 6.04 Å². The molecular formula is C14H25NO2. The topological polar surface area (TPSA) is 40.5 Å². The van der Waals surface area contributed by atoms with E-state index in [4.69, 9.17) is 0 Å². The third-order valence-corrected chi connectivity index (χ3v) is 4.53. The van der Waals surface area contributed by atoms with E-state index in [9.17, 15) is 9.90 Å². The Morgan fingerprint density at radius 3 is 2.41 bits per heavy atom. The molecule has 2 rings (SSSR count). The lowest BCUT2D eigenvalue weighted by molar-refractivity contribution is -0.144. The summed E-state index contributed by atoms with van der Waals surface area (Å²) < 4.78 is 0. The van der Waals surface area contributed by atoms with Gasteiger partial charge in [0.05, 0.1) is 0 Å². The Hall–Kier alpha value is -0.570. The molecule has 17 heavy (non-hydrogen) atoms. The zero-order chi connectivity index (χ0) is 12.3. The van der Waals surface area contributed by atoms with Crippen molar-refractivity contribution in [1.82, 2.24) is 4.90 Å². The molecule has 0 aromatic rings. The van der Waals surface area contributed by atoms with Gasteiger partial charge in [0.25, 0.3) is 0 Å². The Labute approximate surface area is 104 Å². The van der Waals surface area contributed by atoms with Gasteiger partial charge in [-0.1, -0.05) is 19.8 Å². The molecule has 1 aliphatic heterocycles. The van der Waals surface area contributed by atoms with Crippen LogP contribution in [0.3, 0.4) is 0 Å². The fourth-order valence-corrected chi connectivity index (χ4v) is 3.41.